The number of nitriles is 1. The van der Waals surface area contributed by atoms with Gasteiger partial charge in [-0.2, -0.15) is 5.26 Å². The lowest BCUT2D eigenvalue weighted by atomic mass is 10.2. The van der Waals surface area contributed by atoms with Crippen LogP contribution in [0.1, 0.15) is 5.56 Å². The minimum atomic E-state index is -0.512. The Morgan fingerprint density at radius 2 is 2.12 bits per heavy atom. The van der Waals surface area contributed by atoms with Crippen molar-refractivity contribution < 1.29 is 4.92 Å². The van der Waals surface area contributed by atoms with E-state index < -0.39 is 4.92 Å². The second kappa shape index (κ2) is 4.37. The summed E-state index contributed by atoms with van der Waals surface area (Å²) in [4.78, 5) is 18.2. The van der Waals surface area contributed by atoms with Crippen molar-refractivity contribution in [3.05, 3.63) is 52.3 Å². The Kier molecular flexibility index (Phi) is 2.75. The van der Waals surface area contributed by atoms with Crippen molar-refractivity contribution in [2.75, 3.05) is 0 Å². The zero-order chi connectivity index (χ0) is 12.3. The fourth-order valence-electron chi connectivity index (χ4n) is 1.34. The minimum Gasteiger partial charge on any atom is -0.258 e. The first kappa shape index (κ1) is 10.7. The molecule has 82 valence electrons. The van der Waals surface area contributed by atoms with E-state index in [1.165, 1.54) is 30.6 Å². The molecule has 0 atom stereocenters. The highest BCUT2D eigenvalue weighted by Crippen LogP contribution is 2.25. The van der Waals surface area contributed by atoms with Crippen LogP contribution >= 0.6 is 0 Å². The van der Waals surface area contributed by atoms with Gasteiger partial charge in [0.15, 0.2) is 5.69 Å². The van der Waals surface area contributed by atoms with Crippen LogP contribution in [0.3, 0.4) is 0 Å². The largest absolute Gasteiger partial charge is 0.297 e. The zero-order valence-corrected chi connectivity index (χ0v) is 8.57. The molecule has 2 aromatic heterocycles. The normalized spacial score (nSPS) is 9.59. The van der Waals surface area contributed by atoms with Crippen LogP contribution in [0.4, 0.5) is 5.69 Å². The van der Waals surface area contributed by atoms with E-state index >= 15 is 0 Å². The Hall–Kier alpha value is -2.81. The van der Waals surface area contributed by atoms with Crippen LogP contribution < -0.4 is 0 Å². The summed E-state index contributed by atoms with van der Waals surface area (Å²) in [5.41, 5.74) is 0.857. The highest BCUT2D eigenvalue weighted by molar-refractivity contribution is 5.65. The molecule has 17 heavy (non-hydrogen) atoms. The SMILES string of the molecule is N#Cc1ccc(-c2ncccc2[N+](=O)[O-])nc1. The minimum absolute atomic E-state index is 0.107. The predicted molar refractivity (Wildman–Crippen MR) is 58.8 cm³/mol. The summed E-state index contributed by atoms with van der Waals surface area (Å²) in [5.74, 6) is 0. The molecule has 2 aromatic rings. The number of hydrogen-bond acceptors (Lipinski definition) is 5. The summed E-state index contributed by atoms with van der Waals surface area (Å²) < 4.78 is 0. The van der Waals surface area contributed by atoms with Crippen LogP contribution in [0.5, 0.6) is 0 Å². The number of nitrogens with zero attached hydrogens (tertiary/aromatic N) is 4. The predicted octanol–water partition coefficient (Wildman–Crippen LogP) is 1.92. The van der Waals surface area contributed by atoms with E-state index in [1.807, 2.05) is 6.07 Å². The van der Waals surface area contributed by atoms with E-state index in [4.69, 9.17) is 5.26 Å². The third kappa shape index (κ3) is 2.08. The summed E-state index contributed by atoms with van der Waals surface area (Å²) >= 11 is 0. The molecule has 6 nitrogen and oxygen atoms in total. The van der Waals surface area contributed by atoms with Gasteiger partial charge in [-0.25, -0.2) is 4.98 Å². The second-order valence-corrected chi connectivity index (χ2v) is 3.17. The molecule has 0 amide bonds. The van der Waals surface area contributed by atoms with Crippen LogP contribution in [-0.4, -0.2) is 14.9 Å². The lowest BCUT2D eigenvalue weighted by Crippen LogP contribution is -1.95. The van der Waals surface area contributed by atoms with Crippen molar-refractivity contribution in [2.45, 2.75) is 0 Å². The van der Waals surface area contributed by atoms with Gasteiger partial charge in [0.25, 0.3) is 5.69 Å². The highest BCUT2D eigenvalue weighted by Gasteiger charge is 2.16. The maximum Gasteiger partial charge on any atom is 0.297 e. The number of pyridine rings is 2. The van der Waals surface area contributed by atoms with Gasteiger partial charge in [-0.15, -0.1) is 0 Å². The summed E-state index contributed by atoms with van der Waals surface area (Å²) in [6.45, 7) is 0. The van der Waals surface area contributed by atoms with Gasteiger partial charge in [0.2, 0.25) is 0 Å². The van der Waals surface area contributed by atoms with Crippen molar-refractivity contribution in [2.24, 2.45) is 0 Å². The molecule has 0 bridgehead atoms. The number of aromatic nitrogens is 2. The number of rotatable bonds is 2. The first-order valence-corrected chi connectivity index (χ1v) is 4.68. The molecule has 2 rings (SSSR count). The average Bonchev–Trinajstić information content (AvgIpc) is 2.39. The highest BCUT2D eigenvalue weighted by atomic mass is 16.6. The molecule has 0 unspecified atom stereocenters. The van der Waals surface area contributed by atoms with E-state index in [2.05, 4.69) is 9.97 Å². The first-order valence-electron chi connectivity index (χ1n) is 4.68. The molecule has 0 aromatic carbocycles. The third-order valence-corrected chi connectivity index (χ3v) is 2.12. The van der Waals surface area contributed by atoms with E-state index in [0.717, 1.165) is 0 Å². The van der Waals surface area contributed by atoms with Crippen molar-refractivity contribution in [3.63, 3.8) is 0 Å². The quantitative estimate of drug-likeness (QED) is 0.576. The third-order valence-electron chi connectivity index (χ3n) is 2.12. The van der Waals surface area contributed by atoms with Gasteiger partial charge in [-0.05, 0) is 18.2 Å². The Morgan fingerprint density at radius 3 is 2.71 bits per heavy atom. The van der Waals surface area contributed by atoms with Crippen molar-refractivity contribution >= 4 is 5.69 Å². The standard InChI is InChI=1S/C11H6N4O2/c12-6-8-3-4-9(14-7-8)11-10(15(16)17)2-1-5-13-11/h1-5,7H. The number of nitro groups is 1. The Balaban J connectivity index is 2.53. The van der Waals surface area contributed by atoms with Gasteiger partial charge >= 0.3 is 0 Å². The Morgan fingerprint density at radius 1 is 1.29 bits per heavy atom. The molecule has 0 saturated carbocycles. The summed E-state index contributed by atoms with van der Waals surface area (Å²) in [5, 5.41) is 19.4. The molecular formula is C11H6N4O2. The van der Waals surface area contributed by atoms with E-state index in [9.17, 15) is 10.1 Å². The maximum atomic E-state index is 10.8. The van der Waals surface area contributed by atoms with Gasteiger partial charge in [-0.1, -0.05) is 0 Å². The second-order valence-electron chi connectivity index (χ2n) is 3.17. The average molecular weight is 226 g/mol. The van der Waals surface area contributed by atoms with E-state index in [0.29, 0.717) is 11.3 Å². The fourth-order valence-corrected chi connectivity index (χ4v) is 1.34. The monoisotopic (exact) mass is 226 g/mol. The fraction of sp³-hybridized carbons (Fsp3) is 0. The van der Waals surface area contributed by atoms with Crippen LogP contribution in [0.25, 0.3) is 11.4 Å². The van der Waals surface area contributed by atoms with Crippen LogP contribution in [0.2, 0.25) is 0 Å². The van der Waals surface area contributed by atoms with Gasteiger partial charge in [0.05, 0.1) is 16.2 Å². The van der Waals surface area contributed by atoms with E-state index in [-0.39, 0.29) is 11.4 Å². The molecule has 0 spiro atoms. The molecular weight excluding hydrogens is 220 g/mol. The lowest BCUT2D eigenvalue weighted by Gasteiger charge is -2.00. The van der Waals surface area contributed by atoms with Crippen molar-refractivity contribution in [1.82, 2.24) is 9.97 Å². The zero-order valence-electron chi connectivity index (χ0n) is 8.57. The molecule has 0 aliphatic carbocycles. The molecule has 0 radical (unpaired) electrons. The summed E-state index contributed by atoms with van der Waals surface area (Å²) in [6.07, 6.45) is 2.82. The number of hydrogen-bond donors (Lipinski definition) is 0. The molecule has 6 heteroatoms. The van der Waals surface area contributed by atoms with Gasteiger partial charge in [0.1, 0.15) is 6.07 Å². The van der Waals surface area contributed by atoms with Crippen molar-refractivity contribution in [3.8, 4) is 17.5 Å². The molecule has 0 fully saturated rings. The van der Waals surface area contributed by atoms with Gasteiger partial charge in [0, 0.05) is 18.5 Å². The molecule has 0 saturated heterocycles. The Bertz CT molecular complexity index is 602. The first-order chi connectivity index (χ1) is 8.22. The summed E-state index contributed by atoms with van der Waals surface area (Å²) in [7, 11) is 0. The van der Waals surface area contributed by atoms with Crippen molar-refractivity contribution in [1.29, 1.82) is 5.26 Å². The molecule has 2 heterocycles. The topological polar surface area (TPSA) is 92.7 Å². The maximum absolute atomic E-state index is 10.8. The van der Waals surface area contributed by atoms with Crippen LogP contribution in [0, 0.1) is 21.4 Å². The lowest BCUT2D eigenvalue weighted by molar-refractivity contribution is -0.384. The molecule has 0 aliphatic heterocycles. The Labute approximate surface area is 96.3 Å². The van der Waals surface area contributed by atoms with Crippen LogP contribution in [-0.2, 0) is 0 Å². The molecule has 0 N–H and O–H groups in total. The van der Waals surface area contributed by atoms with E-state index in [1.54, 1.807) is 6.07 Å². The van der Waals surface area contributed by atoms with Gasteiger partial charge in [-0.3, -0.25) is 15.1 Å². The van der Waals surface area contributed by atoms with Gasteiger partial charge < -0.3 is 0 Å². The molecule has 0 aliphatic rings. The van der Waals surface area contributed by atoms with Crippen LogP contribution in [0.15, 0.2) is 36.7 Å². The smallest absolute Gasteiger partial charge is 0.258 e. The summed E-state index contributed by atoms with van der Waals surface area (Å²) in [6, 6.07) is 7.86.